The Kier molecular flexibility index (Phi) is 5.34. The van der Waals surface area contributed by atoms with Crippen molar-refractivity contribution in [3.8, 4) is 0 Å². The number of hydrogen-bond acceptors (Lipinski definition) is 5. The lowest BCUT2D eigenvalue weighted by Gasteiger charge is -2.25. The molecule has 118 valence electrons. The van der Waals surface area contributed by atoms with E-state index in [9.17, 15) is 14.4 Å². The van der Waals surface area contributed by atoms with Crippen LogP contribution in [0, 0.1) is 0 Å². The van der Waals surface area contributed by atoms with Crippen LogP contribution in [0.2, 0.25) is 0 Å². The summed E-state index contributed by atoms with van der Waals surface area (Å²) in [6.45, 7) is 10.3. The topological polar surface area (TPSA) is 84.9 Å². The van der Waals surface area contributed by atoms with E-state index in [2.05, 4.69) is 11.9 Å². The normalized spacial score (nSPS) is 21.9. The summed E-state index contributed by atoms with van der Waals surface area (Å²) in [5.41, 5.74) is -0.655. The maximum Gasteiger partial charge on any atom is 0.410 e. The lowest BCUT2D eigenvalue weighted by Crippen LogP contribution is -2.48. The van der Waals surface area contributed by atoms with Crippen molar-refractivity contribution >= 4 is 18.0 Å². The van der Waals surface area contributed by atoms with E-state index in [0.717, 1.165) is 0 Å². The molecule has 0 aromatic rings. The average molecular weight is 298 g/mol. The summed E-state index contributed by atoms with van der Waals surface area (Å²) < 4.78 is 10.0. The molecule has 1 heterocycles. The van der Waals surface area contributed by atoms with Crippen LogP contribution in [0.1, 0.15) is 27.7 Å². The van der Waals surface area contributed by atoms with Crippen LogP contribution in [0.5, 0.6) is 0 Å². The molecule has 1 saturated heterocycles. The molecule has 1 N–H and O–H groups in total. The fourth-order valence-corrected chi connectivity index (χ4v) is 1.94. The third kappa shape index (κ3) is 4.77. The smallest absolute Gasteiger partial charge is 0.410 e. The Labute approximate surface area is 124 Å². The number of alkyl carbamates (subject to hydrolysis) is 1. The van der Waals surface area contributed by atoms with Gasteiger partial charge in [-0.3, -0.25) is 9.69 Å². The molecular formula is C14H22N2O5. The summed E-state index contributed by atoms with van der Waals surface area (Å²) in [5.74, 6) is -0.260. The number of likely N-dealkylation sites (tertiary alicyclic amines) is 1. The summed E-state index contributed by atoms with van der Waals surface area (Å²) >= 11 is 0. The molecule has 7 heteroatoms. The molecule has 1 fully saturated rings. The number of ether oxygens (including phenoxy) is 2. The number of nitrogens with zero attached hydrogens (tertiary/aromatic N) is 1. The van der Waals surface area contributed by atoms with Gasteiger partial charge in [0.2, 0.25) is 0 Å². The van der Waals surface area contributed by atoms with Gasteiger partial charge in [0.25, 0.3) is 0 Å². The predicted molar refractivity (Wildman–Crippen MR) is 75.9 cm³/mol. The van der Waals surface area contributed by atoms with Gasteiger partial charge in [-0.05, 0) is 27.7 Å². The van der Waals surface area contributed by atoms with Gasteiger partial charge in [0.1, 0.15) is 18.2 Å². The van der Waals surface area contributed by atoms with Crippen molar-refractivity contribution in [2.45, 2.75) is 45.4 Å². The second kappa shape index (κ2) is 6.60. The quantitative estimate of drug-likeness (QED) is 0.798. The molecule has 0 bridgehead atoms. The first kappa shape index (κ1) is 17.0. The molecule has 21 heavy (non-hydrogen) atoms. The molecule has 0 radical (unpaired) electrons. The van der Waals surface area contributed by atoms with Crippen molar-refractivity contribution in [1.29, 1.82) is 0 Å². The standard InChI is InChI=1S/C14H22N2O5/c1-6-7-20-13(19)16-8-10(17)11(9(16)2)15-12(18)21-14(3,4)5/h6,9,11H,1,7-8H2,2-5H3,(H,15,18)/t9-,11-/m0/s1. The Hall–Kier alpha value is -2.05. The number of hydrogen-bond donors (Lipinski definition) is 1. The Bertz CT molecular complexity index is 441. The zero-order valence-electron chi connectivity index (χ0n) is 12.8. The lowest BCUT2D eigenvalue weighted by atomic mass is 10.1. The van der Waals surface area contributed by atoms with Crippen LogP contribution in [-0.4, -0.2) is 53.7 Å². The number of Topliss-reactive ketones (excluding diaryl/α,β-unsaturated/α-hetero) is 1. The van der Waals surface area contributed by atoms with Crippen molar-refractivity contribution in [3.05, 3.63) is 12.7 Å². The Morgan fingerprint density at radius 3 is 2.62 bits per heavy atom. The number of carbonyl (C=O) groups excluding carboxylic acids is 3. The van der Waals surface area contributed by atoms with Crippen LogP contribution in [0.25, 0.3) is 0 Å². The summed E-state index contributed by atoms with van der Waals surface area (Å²) in [5, 5.41) is 2.50. The molecule has 2 amide bonds. The van der Waals surface area contributed by atoms with Gasteiger partial charge in [0.15, 0.2) is 5.78 Å². The maximum atomic E-state index is 11.9. The number of rotatable bonds is 3. The molecule has 0 spiro atoms. The van der Waals surface area contributed by atoms with Crippen molar-refractivity contribution in [3.63, 3.8) is 0 Å². The fraction of sp³-hybridized carbons (Fsp3) is 0.643. The SMILES string of the molecule is C=CCOC(=O)N1CC(=O)[C@@H](NC(=O)OC(C)(C)C)[C@@H]1C. The Balaban J connectivity index is 2.64. The van der Waals surface area contributed by atoms with Crippen LogP contribution in [-0.2, 0) is 14.3 Å². The van der Waals surface area contributed by atoms with Crippen LogP contribution in [0.3, 0.4) is 0 Å². The second-order valence-corrected chi connectivity index (χ2v) is 5.82. The van der Waals surface area contributed by atoms with Gasteiger partial charge in [-0.2, -0.15) is 0 Å². The monoisotopic (exact) mass is 298 g/mol. The van der Waals surface area contributed by atoms with Crippen molar-refractivity contribution in [1.82, 2.24) is 10.2 Å². The van der Waals surface area contributed by atoms with E-state index in [-0.39, 0.29) is 18.9 Å². The van der Waals surface area contributed by atoms with Crippen LogP contribution in [0.4, 0.5) is 9.59 Å². The average Bonchev–Trinajstić information content (AvgIpc) is 2.61. The molecule has 0 aromatic carbocycles. The lowest BCUT2D eigenvalue weighted by molar-refractivity contribution is -0.118. The zero-order chi connectivity index (χ0) is 16.2. The first-order valence-corrected chi connectivity index (χ1v) is 6.72. The Morgan fingerprint density at radius 1 is 1.48 bits per heavy atom. The van der Waals surface area contributed by atoms with Crippen LogP contribution >= 0.6 is 0 Å². The van der Waals surface area contributed by atoms with E-state index in [1.54, 1.807) is 27.7 Å². The third-order valence-corrected chi connectivity index (χ3v) is 2.88. The fourth-order valence-electron chi connectivity index (χ4n) is 1.94. The van der Waals surface area contributed by atoms with E-state index in [0.29, 0.717) is 0 Å². The molecule has 7 nitrogen and oxygen atoms in total. The highest BCUT2D eigenvalue weighted by molar-refractivity contribution is 5.94. The molecule has 0 unspecified atom stereocenters. The number of ketones is 1. The minimum absolute atomic E-state index is 0.0698. The van der Waals surface area contributed by atoms with Gasteiger partial charge in [0.05, 0.1) is 12.6 Å². The van der Waals surface area contributed by atoms with Crippen molar-refractivity contribution in [2.75, 3.05) is 13.2 Å². The molecule has 1 aliphatic rings. The largest absolute Gasteiger partial charge is 0.445 e. The number of nitrogens with one attached hydrogen (secondary N) is 1. The predicted octanol–water partition coefficient (Wildman–Crippen LogP) is 1.48. The zero-order valence-corrected chi connectivity index (χ0v) is 12.8. The molecule has 0 saturated carbocycles. The maximum absolute atomic E-state index is 11.9. The first-order valence-electron chi connectivity index (χ1n) is 6.72. The highest BCUT2D eigenvalue weighted by atomic mass is 16.6. The molecule has 2 atom stereocenters. The molecule has 1 rings (SSSR count). The van der Waals surface area contributed by atoms with Gasteiger partial charge in [-0.1, -0.05) is 12.7 Å². The summed E-state index contributed by atoms with van der Waals surface area (Å²) in [7, 11) is 0. The van der Waals surface area contributed by atoms with Gasteiger partial charge in [-0.15, -0.1) is 0 Å². The van der Waals surface area contributed by atoms with E-state index in [1.165, 1.54) is 11.0 Å². The van der Waals surface area contributed by atoms with E-state index >= 15 is 0 Å². The van der Waals surface area contributed by atoms with Gasteiger partial charge in [-0.25, -0.2) is 9.59 Å². The van der Waals surface area contributed by atoms with Crippen molar-refractivity contribution in [2.24, 2.45) is 0 Å². The number of amides is 2. The molecule has 1 aliphatic heterocycles. The van der Waals surface area contributed by atoms with E-state index in [4.69, 9.17) is 9.47 Å². The highest BCUT2D eigenvalue weighted by Crippen LogP contribution is 2.17. The first-order chi connectivity index (χ1) is 9.65. The second-order valence-electron chi connectivity index (χ2n) is 5.82. The molecule has 0 aromatic heterocycles. The minimum atomic E-state index is -0.795. The molecule has 0 aliphatic carbocycles. The third-order valence-electron chi connectivity index (χ3n) is 2.88. The summed E-state index contributed by atoms with van der Waals surface area (Å²) in [6, 6.07) is -1.29. The van der Waals surface area contributed by atoms with Gasteiger partial charge < -0.3 is 14.8 Å². The van der Waals surface area contributed by atoms with Crippen LogP contribution < -0.4 is 5.32 Å². The number of carbonyl (C=O) groups is 3. The van der Waals surface area contributed by atoms with Crippen molar-refractivity contribution < 1.29 is 23.9 Å². The van der Waals surface area contributed by atoms with E-state index in [1.807, 2.05) is 0 Å². The minimum Gasteiger partial charge on any atom is -0.445 e. The van der Waals surface area contributed by atoms with Crippen LogP contribution in [0.15, 0.2) is 12.7 Å². The van der Waals surface area contributed by atoms with E-state index < -0.39 is 29.9 Å². The Morgan fingerprint density at radius 2 is 2.10 bits per heavy atom. The molecular weight excluding hydrogens is 276 g/mol. The van der Waals surface area contributed by atoms with Gasteiger partial charge >= 0.3 is 12.2 Å². The summed E-state index contributed by atoms with van der Waals surface area (Å²) in [6.07, 6.45) is 0.148. The van der Waals surface area contributed by atoms with Gasteiger partial charge in [0, 0.05) is 0 Å². The summed E-state index contributed by atoms with van der Waals surface area (Å²) in [4.78, 5) is 36.7. The highest BCUT2D eigenvalue weighted by Gasteiger charge is 2.42.